The Bertz CT molecular complexity index is 1150. The van der Waals surface area contributed by atoms with Crippen LogP contribution in [0, 0.1) is 23.0 Å². The van der Waals surface area contributed by atoms with Crippen LogP contribution in [0.25, 0.3) is 11.4 Å². The Hall–Kier alpha value is -3.30. The maximum absolute atomic E-state index is 12.8. The Morgan fingerprint density at radius 2 is 2.19 bits per heavy atom. The molecule has 4 rings (SSSR count). The summed E-state index contributed by atoms with van der Waals surface area (Å²) in [7, 11) is 0. The van der Waals surface area contributed by atoms with Crippen molar-refractivity contribution in [3.8, 4) is 11.4 Å². The number of nitrogens with zero attached hydrogens (tertiary/aromatic N) is 4. The van der Waals surface area contributed by atoms with Crippen molar-refractivity contribution in [1.29, 1.82) is 0 Å². The summed E-state index contributed by atoms with van der Waals surface area (Å²) in [5.74, 6) is 0.529. The fourth-order valence-electron chi connectivity index (χ4n) is 3.78. The van der Waals surface area contributed by atoms with Gasteiger partial charge in [-0.05, 0) is 38.4 Å². The number of anilines is 1. The van der Waals surface area contributed by atoms with E-state index in [0.29, 0.717) is 31.2 Å². The summed E-state index contributed by atoms with van der Waals surface area (Å²) in [6.07, 6.45) is 1.55. The molecule has 1 aliphatic rings. The van der Waals surface area contributed by atoms with Gasteiger partial charge in [-0.2, -0.15) is 4.98 Å². The number of hydrogen-bond donors (Lipinski definition) is 1. The van der Waals surface area contributed by atoms with Crippen molar-refractivity contribution in [2.45, 2.75) is 26.3 Å². The third-order valence-electron chi connectivity index (χ3n) is 5.40. The van der Waals surface area contributed by atoms with Gasteiger partial charge in [0.15, 0.2) is 0 Å². The second kappa shape index (κ2) is 9.46. The molecule has 3 aromatic rings. The molecule has 166 valence electrons. The number of amides is 1. The lowest BCUT2D eigenvalue weighted by atomic mass is 9.97. The van der Waals surface area contributed by atoms with Gasteiger partial charge in [0.2, 0.25) is 17.6 Å². The SMILES string of the molecule is Cc1cccc(-c2noc(CN3CCCC(C(=O)Nc4cc([N+](=O)[O-])ccc4Cl)C3)n2)c1. The number of halogens is 1. The minimum atomic E-state index is -0.524. The highest BCUT2D eigenvalue weighted by atomic mass is 35.5. The molecule has 10 heteroatoms. The van der Waals surface area contributed by atoms with Gasteiger partial charge in [-0.3, -0.25) is 19.8 Å². The molecule has 0 spiro atoms. The van der Waals surface area contributed by atoms with Gasteiger partial charge in [0.05, 0.1) is 28.1 Å². The quantitative estimate of drug-likeness (QED) is 0.431. The van der Waals surface area contributed by atoms with E-state index in [1.165, 1.54) is 18.2 Å². The number of nitro benzene ring substituents is 1. The molecular formula is C22H22ClN5O4. The van der Waals surface area contributed by atoms with Crippen molar-refractivity contribution in [3.05, 3.63) is 69.1 Å². The van der Waals surface area contributed by atoms with Crippen LogP contribution in [0.5, 0.6) is 0 Å². The summed E-state index contributed by atoms with van der Waals surface area (Å²) < 4.78 is 5.42. The van der Waals surface area contributed by atoms with Crippen molar-refractivity contribution in [2.75, 3.05) is 18.4 Å². The summed E-state index contributed by atoms with van der Waals surface area (Å²) in [6, 6.07) is 11.9. The van der Waals surface area contributed by atoms with E-state index in [-0.39, 0.29) is 28.2 Å². The van der Waals surface area contributed by atoms with Crippen LogP contribution in [0.3, 0.4) is 0 Å². The lowest BCUT2D eigenvalue weighted by Crippen LogP contribution is -2.40. The molecule has 1 saturated heterocycles. The number of aryl methyl sites for hydroxylation is 1. The number of nitrogens with one attached hydrogen (secondary N) is 1. The predicted octanol–water partition coefficient (Wildman–Crippen LogP) is 4.46. The van der Waals surface area contributed by atoms with Gasteiger partial charge >= 0.3 is 0 Å². The summed E-state index contributed by atoms with van der Waals surface area (Å²) in [6.45, 7) is 3.77. The molecule has 0 saturated carbocycles. The summed E-state index contributed by atoms with van der Waals surface area (Å²) in [5.41, 5.74) is 2.12. The molecule has 9 nitrogen and oxygen atoms in total. The molecule has 1 N–H and O–H groups in total. The van der Waals surface area contributed by atoms with E-state index in [1.54, 1.807) is 0 Å². The molecule has 0 bridgehead atoms. The highest BCUT2D eigenvalue weighted by Crippen LogP contribution is 2.28. The molecule has 1 amide bonds. The number of piperidine rings is 1. The highest BCUT2D eigenvalue weighted by molar-refractivity contribution is 6.33. The monoisotopic (exact) mass is 455 g/mol. The van der Waals surface area contributed by atoms with Gasteiger partial charge in [-0.25, -0.2) is 0 Å². The number of likely N-dealkylation sites (tertiary alicyclic amines) is 1. The van der Waals surface area contributed by atoms with Gasteiger partial charge in [-0.1, -0.05) is 40.5 Å². The molecule has 2 heterocycles. The van der Waals surface area contributed by atoms with Crippen molar-refractivity contribution in [2.24, 2.45) is 5.92 Å². The van der Waals surface area contributed by atoms with E-state index in [4.69, 9.17) is 16.1 Å². The van der Waals surface area contributed by atoms with Crippen molar-refractivity contribution in [1.82, 2.24) is 15.0 Å². The van der Waals surface area contributed by atoms with Crippen LogP contribution in [0.2, 0.25) is 5.02 Å². The second-order valence-corrected chi connectivity index (χ2v) is 8.27. The number of aromatic nitrogens is 2. The van der Waals surface area contributed by atoms with Crippen LogP contribution in [0.1, 0.15) is 24.3 Å². The Kier molecular flexibility index (Phi) is 6.48. The van der Waals surface area contributed by atoms with E-state index in [1.807, 2.05) is 31.2 Å². The molecule has 1 atom stereocenters. The largest absolute Gasteiger partial charge is 0.338 e. The summed E-state index contributed by atoms with van der Waals surface area (Å²) >= 11 is 6.11. The van der Waals surface area contributed by atoms with Crippen molar-refractivity contribution < 1.29 is 14.2 Å². The average molecular weight is 456 g/mol. The minimum Gasteiger partial charge on any atom is -0.338 e. The van der Waals surface area contributed by atoms with Crippen molar-refractivity contribution >= 4 is 28.9 Å². The van der Waals surface area contributed by atoms with Gasteiger partial charge in [0.25, 0.3) is 5.69 Å². The first-order valence-corrected chi connectivity index (χ1v) is 10.6. The zero-order chi connectivity index (χ0) is 22.7. The number of non-ortho nitro benzene ring substituents is 1. The lowest BCUT2D eigenvalue weighted by Gasteiger charge is -2.30. The fourth-order valence-corrected chi connectivity index (χ4v) is 3.95. The smallest absolute Gasteiger partial charge is 0.271 e. The molecule has 1 fully saturated rings. The number of benzene rings is 2. The number of nitro groups is 1. The molecule has 0 radical (unpaired) electrons. The highest BCUT2D eigenvalue weighted by Gasteiger charge is 2.27. The maximum Gasteiger partial charge on any atom is 0.271 e. The number of carbonyl (C=O) groups excluding carboxylic acids is 1. The standard InChI is InChI=1S/C22H22ClN5O4/c1-14-4-2-5-15(10-14)21-25-20(32-26-21)13-27-9-3-6-16(12-27)22(29)24-19-11-17(28(30)31)7-8-18(19)23/h2,4-5,7-8,10-11,16H,3,6,9,12-13H2,1H3,(H,24,29). The minimum absolute atomic E-state index is 0.129. The van der Waals surface area contributed by atoms with Gasteiger partial charge in [-0.15, -0.1) is 0 Å². The lowest BCUT2D eigenvalue weighted by molar-refractivity contribution is -0.384. The topological polar surface area (TPSA) is 114 Å². The average Bonchev–Trinajstić information content (AvgIpc) is 3.24. The van der Waals surface area contributed by atoms with Gasteiger partial charge < -0.3 is 9.84 Å². The van der Waals surface area contributed by atoms with Crippen LogP contribution in [0.15, 0.2) is 47.0 Å². The molecule has 0 aliphatic carbocycles. The molecule has 1 aliphatic heterocycles. The first-order valence-electron chi connectivity index (χ1n) is 10.3. The first-order chi connectivity index (χ1) is 15.4. The molecule has 1 aromatic heterocycles. The van der Waals surface area contributed by atoms with E-state index in [0.717, 1.165) is 24.1 Å². The normalized spacial score (nSPS) is 16.6. The third-order valence-corrected chi connectivity index (χ3v) is 5.73. The Morgan fingerprint density at radius 3 is 2.97 bits per heavy atom. The zero-order valence-electron chi connectivity index (χ0n) is 17.5. The maximum atomic E-state index is 12.8. The predicted molar refractivity (Wildman–Crippen MR) is 119 cm³/mol. The third kappa shape index (κ3) is 5.12. The Balaban J connectivity index is 1.39. The van der Waals surface area contributed by atoms with Gasteiger partial charge in [0.1, 0.15) is 0 Å². The second-order valence-electron chi connectivity index (χ2n) is 7.87. The summed E-state index contributed by atoms with van der Waals surface area (Å²) in [5, 5.41) is 18.1. The van der Waals surface area contributed by atoms with Crippen LogP contribution in [0.4, 0.5) is 11.4 Å². The number of carbonyl (C=O) groups is 1. The van der Waals surface area contributed by atoms with Crippen molar-refractivity contribution in [3.63, 3.8) is 0 Å². The van der Waals surface area contributed by atoms with Crippen LogP contribution in [-0.4, -0.2) is 39.0 Å². The number of hydrogen-bond acceptors (Lipinski definition) is 7. The zero-order valence-corrected chi connectivity index (χ0v) is 18.2. The molecular weight excluding hydrogens is 434 g/mol. The van der Waals surface area contributed by atoms with E-state index in [2.05, 4.69) is 20.4 Å². The van der Waals surface area contributed by atoms with E-state index >= 15 is 0 Å². The number of rotatable bonds is 6. The Labute approximate surface area is 189 Å². The van der Waals surface area contributed by atoms with E-state index in [9.17, 15) is 14.9 Å². The molecule has 32 heavy (non-hydrogen) atoms. The molecule has 2 aromatic carbocycles. The van der Waals surface area contributed by atoms with Crippen LogP contribution >= 0.6 is 11.6 Å². The van der Waals surface area contributed by atoms with Crippen LogP contribution in [-0.2, 0) is 11.3 Å². The fraction of sp³-hybridized carbons (Fsp3) is 0.318. The first kappa shape index (κ1) is 21.9. The van der Waals surface area contributed by atoms with Gasteiger partial charge in [0, 0.05) is 24.2 Å². The van der Waals surface area contributed by atoms with Crippen LogP contribution < -0.4 is 5.32 Å². The molecule has 1 unspecified atom stereocenters. The van der Waals surface area contributed by atoms with E-state index < -0.39 is 4.92 Å². The Morgan fingerprint density at radius 1 is 1.34 bits per heavy atom. The summed E-state index contributed by atoms with van der Waals surface area (Å²) in [4.78, 5) is 29.9.